The number of aliphatic hydroxyl groups excluding tert-OH is 2. The Bertz CT molecular complexity index is 420. The largest absolute Gasteiger partial charge is 0.497 e. The van der Waals surface area contributed by atoms with E-state index < -0.39 is 6.09 Å². The number of unbranched alkanes of at least 4 members (excludes halogenated alkanes) is 1. The van der Waals surface area contributed by atoms with Crippen molar-refractivity contribution in [2.24, 2.45) is 0 Å². The van der Waals surface area contributed by atoms with Gasteiger partial charge in [0, 0.05) is 19.7 Å². The van der Waals surface area contributed by atoms with E-state index in [2.05, 4.69) is 17.6 Å². The molecule has 5 N–H and O–H groups in total. The molecule has 0 spiro atoms. The maximum absolute atomic E-state index is 9.79. The highest BCUT2D eigenvalue weighted by molar-refractivity contribution is 5.64. The summed E-state index contributed by atoms with van der Waals surface area (Å²) in [7, 11) is 1.67. The van der Waals surface area contributed by atoms with Gasteiger partial charge in [0.2, 0.25) is 0 Å². The number of aryl methyl sites for hydroxylation is 1. The molecule has 0 radical (unpaired) electrons. The van der Waals surface area contributed by atoms with Gasteiger partial charge in [-0.2, -0.15) is 0 Å². The van der Waals surface area contributed by atoms with Crippen LogP contribution in [0.4, 0.5) is 4.79 Å². The lowest BCUT2D eigenvalue weighted by molar-refractivity contribution is 0.193. The van der Waals surface area contributed by atoms with Gasteiger partial charge < -0.3 is 30.7 Å². The molecule has 1 aromatic carbocycles. The van der Waals surface area contributed by atoms with Crippen LogP contribution in [0.3, 0.4) is 0 Å². The van der Waals surface area contributed by atoms with Crippen molar-refractivity contribution in [3.63, 3.8) is 0 Å². The number of rotatable bonds is 5. The van der Waals surface area contributed by atoms with Crippen molar-refractivity contribution in [1.29, 1.82) is 0 Å². The summed E-state index contributed by atoms with van der Waals surface area (Å²) in [5, 5.41) is 30.2. The van der Waals surface area contributed by atoms with Crippen LogP contribution in [0.1, 0.15) is 38.7 Å². The Kier molecular flexibility index (Phi) is 19.8. The molecule has 1 saturated heterocycles. The number of carboxylic acid groups (broad SMARTS) is 1. The molecular formula is C19H36N2O5. The second-order valence-corrected chi connectivity index (χ2v) is 5.33. The quantitative estimate of drug-likeness (QED) is 0.508. The zero-order valence-corrected chi connectivity index (χ0v) is 16.5. The fourth-order valence-corrected chi connectivity index (χ4v) is 1.75. The van der Waals surface area contributed by atoms with Crippen LogP contribution in [0.25, 0.3) is 0 Å². The molecule has 1 aromatic rings. The predicted molar refractivity (Wildman–Crippen MR) is 105 cm³/mol. The second-order valence-electron chi connectivity index (χ2n) is 5.33. The van der Waals surface area contributed by atoms with Gasteiger partial charge in [0.1, 0.15) is 5.75 Å². The Hall–Kier alpha value is -1.83. The van der Waals surface area contributed by atoms with Crippen molar-refractivity contribution in [3.05, 3.63) is 29.8 Å². The van der Waals surface area contributed by atoms with E-state index in [0.717, 1.165) is 25.3 Å². The minimum absolute atomic E-state index is 0.0648. The van der Waals surface area contributed by atoms with Crippen LogP contribution in [0, 0.1) is 6.92 Å². The van der Waals surface area contributed by atoms with Gasteiger partial charge in [-0.25, -0.2) is 4.79 Å². The molecule has 0 bridgehead atoms. The minimum Gasteiger partial charge on any atom is -0.497 e. The van der Waals surface area contributed by atoms with Crippen molar-refractivity contribution in [2.45, 2.75) is 46.1 Å². The van der Waals surface area contributed by atoms with E-state index in [0.29, 0.717) is 19.4 Å². The lowest BCUT2D eigenvalue weighted by atomic mass is 10.2. The topological polar surface area (TPSA) is 111 Å². The zero-order chi connectivity index (χ0) is 20.2. The van der Waals surface area contributed by atoms with Crippen LogP contribution < -0.4 is 15.4 Å². The van der Waals surface area contributed by atoms with Gasteiger partial charge in [0.25, 0.3) is 0 Å². The van der Waals surface area contributed by atoms with Gasteiger partial charge in [-0.05, 0) is 44.9 Å². The third-order valence-corrected chi connectivity index (χ3v) is 3.15. The van der Waals surface area contributed by atoms with Gasteiger partial charge in [-0.3, -0.25) is 0 Å². The zero-order valence-electron chi connectivity index (χ0n) is 16.5. The number of methoxy groups -OCH3 is 1. The SMILES string of the molecule is CC.COc1ccc(C)cc1.O=C(O)NCCCCO.OC1CCNC1. The summed E-state index contributed by atoms with van der Waals surface area (Å²) in [6.07, 6.45) is 1.21. The summed E-state index contributed by atoms with van der Waals surface area (Å²) >= 11 is 0. The fraction of sp³-hybridized carbons (Fsp3) is 0.632. The molecular weight excluding hydrogens is 336 g/mol. The third kappa shape index (κ3) is 18.5. The van der Waals surface area contributed by atoms with Gasteiger partial charge in [-0.15, -0.1) is 0 Å². The molecule has 0 saturated carbocycles. The second kappa shape index (κ2) is 19.5. The van der Waals surface area contributed by atoms with Crippen LogP contribution in [0.2, 0.25) is 0 Å². The summed E-state index contributed by atoms with van der Waals surface area (Å²) in [6.45, 7) is 8.39. The van der Waals surface area contributed by atoms with Gasteiger partial charge in [-0.1, -0.05) is 31.5 Å². The number of β-amino-alcohol motifs (C(OH)–C–C–N with tert-alkyl or cyclic N) is 1. The highest BCUT2D eigenvalue weighted by atomic mass is 16.5. The number of nitrogens with one attached hydrogen (secondary N) is 2. The van der Waals surface area contributed by atoms with Crippen molar-refractivity contribution in [3.8, 4) is 5.75 Å². The standard InChI is InChI=1S/C8H10O.C5H11NO3.C4H9NO.C2H6/c1-7-3-5-8(9-2)6-4-7;7-4-2-1-3-6-5(8)9;6-4-1-2-5-3-4;1-2/h3-6H,1-2H3;6-7H,1-4H2,(H,8,9);4-6H,1-3H2;1-2H3. The molecule has 0 aliphatic carbocycles. The normalized spacial score (nSPS) is 14.5. The van der Waals surface area contributed by atoms with Crippen LogP contribution >= 0.6 is 0 Å². The third-order valence-electron chi connectivity index (χ3n) is 3.15. The number of hydrogen-bond donors (Lipinski definition) is 5. The first-order valence-corrected chi connectivity index (χ1v) is 9.06. The average molecular weight is 373 g/mol. The molecule has 1 heterocycles. The van der Waals surface area contributed by atoms with E-state index in [1.54, 1.807) is 7.11 Å². The van der Waals surface area contributed by atoms with E-state index in [4.69, 9.17) is 20.1 Å². The molecule has 7 heteroatoms. The summed E-state index contributed by atoms with van der Waals surface area (Å²) in [5.74, 6) is 0.917. The molecule has 1 unspecified atom stereocenters. The Morgan fingerprint density at radius 1 is 1.27 bits per heavy atom. The Morgan fingerprint density at radius 2 is 1.88 bits per heavy atom. The first-order chi connectivity index (χ1) is 12.5. The summed E-state index contributed by atoms with van der Waals surface area (Å²) in [6, 6.07) is 7.96. The number of carbonyl (C=O) groups is 1. The van der Waals surface area contributed by atoms with E-state index in [-0.39, 0.29) is 12.7 Å². The maximum Gasteiger partial charge on any atom is 0.404 e. The first kappa shape index (κ1) is 26.4. The molecule has 0 aromatic heterocycles. The highest BCUT2D eigenvalue weighted by Crippen LogP contribution is 2.09. The molecule has 1 aliphatic rings. The molecule has 152 valence electrons. The number of hydrogen-bond acceptors (Lipinski definition) is 5. The predicted octanol–water partition coefficient (Wildman–Crippen LogP) is 2.40. The van der Waals surface area contributed by atoms with Crippen LogP contribution in [0.15, 0.2) is 24.3 Å². The summed E-state index contributed by atoms with van der Waals surface area (Å²) < 4.78 is 4.97. The van der Waals surface area contributed by atoms with Crippen molar-refractivity contribution < 1.29 is 24.9 Å². The Balaban J connectivity index is 0. The summed E-state index contributed by atoms with van der Waals surface area (Å²) in [5.41, 5.74) is 1.26. The Morgan fingerprint density at radius 3 is 2.23 bits per heavy atom. The highest BCUT2D eigenvalue weighted by Gasteiger charge is 2.08. The number of benzene rings is 1. The fourth-order valence-electron chi connectivity index (χ4n) is 1.75. The molecule has 7 nitrogen and oxygen atoms in total. The Labute approximate surface area is 157 Å². The smallest absolute Gasteiger partial charge is 0.404 e. The molecule has 1 fully saturated rings. The van der Waals surface area contributed by atoms with Crippen LogP contribution in [0.5, 0.6) is 5.75 Å². The van der Waals surface area contributed by atoms with Gasteiger partial charge in [0.05, 0.1) is 13.2 Å². The molecule has 1 aliphatic heterocycles. The van der Waals surface area contributed by atoms with Crippen molar-refractivity contribution in [1.82, 2.24) is 10.6 Å². The number of amides is 1. The van der Waals surface area contributed by atoms with E-state index in [1.165, 1.54) is 5.56 Å². The molecule has 2 rings (SSSR count). The van der Waals surface area contributed by atoms with Crippen molar-refractivity contribution in [2.75, 3.05) is 33.4 Å². The first-order valence-electron chi connectivity index (χ1n) is 9.06. The van der Waals surface area contributed by atoms with E-state index in [9.17, 15) is 4.79 Å². The van der Waals surface area contributed by atoms with Crippen molar-refractivity contribution >= 4 is 6.09 Å². The molecule has 26 heavy (non-hydrogen) atoms. The number of ether oxygens (including phenoxy) is 1. The monoisotopic (exact) mass is 372 g/mol. The van der Waals surface area contributed by atoms with E-state index in [1.807, 2.05) is 38.1 Å². The average Bonchev–Trinajstić information content (AvgIpc) is 3.13. The van der Waals surface area contributed by atoms with Gasteiger partial charge in [0.15, 0.2) is 0 Å². The maximum atomic E-state index is 9.79. The number of aliphatic hydroxyl groups is 2. The summed E-state index contributed by atoms with van der Waals surface area (Å²) in [4.78, 5) is 9.79. The molecule has 1 atom stereocenters. The van der Waals surface area contributed by atoms with Crippen LogP contribution in [-0.4, -0.2) is 60.9 Å². The van der Waals surface area contributed by atoms with Crippen LogP contribution in [-0.2, 0) is 0 Å². The lowest BCUT2D eigenvalue weighted by Gasteiger charge is -1.97. The molecule has 1 amide bonds. The minimum atomic E-state index is -1.01. The van der Waals surface area contributed by atoms with Gasteiger partial charge >= 0.3 is 6.09 Å². The lowest BCUT2D eigenvalue weighted by Crippen LogP contribution is -2.21. The van der Waals surface area contributed by atoms with E-state index >= 15 is 0 Å².